The summed E-state index contributed by atoms with van der Waals surface area (Å²) < 4.78 is 14.0. The molecule has 3 aromatic rings. The van der Waals surface area contributed by atoms with Crippen molar-refractivity contribution < 1.29 is 9.18 Å². The number of benzene rings is 1. The standard InChI is InChI=1S/C17H14FN3O/c1-10-4-5-20-9-12(10)6-11-2-3-13-14(18)8-16(17(19)22)21-15(13)7-11/h2-5,7-9H,6H2,1H3,(H2,19,22). The van der Waals surface area contributed by atoms with Gasteiger partial charge in [0.05, 0.1) is 5.52 Å². The zero-order chi connectivity index (χ0) is 15.7. The SMILES string of the molecule is Cc1ccncc1Cc1ccc2c(F)cc(C(N)=O)nc2c1. The zero-order valence-corrected chi connectivity index (χ0v) is 12.0. The molecule has 0 aliphatic carbocycles. The molecule has 0 aliphatic heterocycles. The van der Waals surface area contributed by atoms with E-state index in [4.69, 9.17) is 5.73 Å². The number of carbonyl (C=O) groups excluding carboxylic acids is 1. The molecule has 0 bridgehead atoms. The van der Waals surface area contributed by atoms with E-state index in [2.05, 4.69) is 9.97 Å². The number of aryl methyl sites for hydroxylation is 1. The molecule has 1 aromatic carbocycles. The Kier molecular flexibility index (Phi) is 3.55. The minimum atomic E-state index is -0.741. The maximum absolute atomic E-state index is 14.0. The van der Waals surface area contributed by atoms with Gasteiger partial charge in [-0.2, -0.15) is 0 Å². The number of carbonyl (C=O) groups is 1. The molecule has 22 heavy (non-hydrogen) atoms. The van der Waals surface area contributed by atoms with E-state index in [0.29, 0.717) is 17.3 Å². The van der Waals surface area contributed by atoms with Crippen molar-refractivity contribution in [1.82, 2.24) is 9.97 Å². The number of nitrogens with zero attached hydrogens (tertiary/aromatic N) is 2. The van der Waals surface area contributed by atoms with E-state index in [1.165, 1.54) is 0 Å². The van der Waals surface area contributed by atoms with Gasteiger partial charge in [0, 0.05) is 23.8 Å². The number of nitrogens with two attached hydrogens (primary N) is 1. The van der Waals surface area contributed by atoms with Crippen LogP contribution in [-0.4, -0.2) is 15.9 Å². The smallest absolute Gasteiger partial charge is 0.267 e. The summed E-state index contributed by atoms with van der Waals surface area (Å²) in [7, 11) is 0. The quantitative estimate of drug-likeness (QED) is 0.807. The fourth-order valence-corrected chi connectivity index (χ4v) is 2.37. The van der Waals surface area contributed by atoms with Crippen LogP contribution in [0.1, 0.15) is 27.2 Å². The lowest BCUT2D eigenvalue weighted by atomic mass is 10.0. The number of fused-ring (bicyclic) bond motifs is 1. The van der Waals surface area contributed by atoms with Crippen LogP contribution in [0.3, 0.4) is 0 Å². The molecule has 0 unspecified atom stereocenters. The molecule has 3 rings (SSSR count). The van der Waals surface area contributed by atoms with Gasteiger partial charge in [0.15, 0.2) is 0 Å². The highest BCUT2D eigenvalue weighted by Crippen LogP contribution is 2.21. The Balaban J connectivity index is 2.05. The van der Waals surface area contributed by atoms with Crippen LogP contribution in [0.5, 0.6) is 0 Å². The summed E-state index contributed by atoms with van der Waals surface area (Å²) in [5.74, 6) is -1.24. The van der Waals surface area contributed by atoms with Crippen molar-refractivity contribution >= 4 is 16.8 Å². The number of hydrogen-bond acceptors (Lipinski definition) is 3. The second-order valence-electron chi connectivity index (χ2n) is 5.18. The summed E-state index contributed by atoms with van der Waals surface area (Å²) in [6.45, 7) is 2.02. The zero-order valence-electron chi connectivity index (χ0n) is 12.0. The van der Waals surface area contributed by atoms with Crippen LogP contribution in [0.25, 0.3) is 10.9 Å². The first-order chi connectivity index (χ1) is 10.5. The number of rotatable bonds is 3. The Morgan fingerprint density at radius 2 is 2.09 bits per heavy atom. The summed E-state index contributed by atoms with van der Waals surface area (Å²) in [4.78, 5) is 19.5. The Morgan fingerprint density at radius 1 is 1.27 bits per heavy atom. The lowest BCUT2D eigenvalue weighted by Crippen LogP contribution is -2.13. The van der Waals surface area contributed by atoms with Crippen LogP contribution in [-0.2, 0) is 6.42 Å². The predicted molar refractivity (Wildman–Crippen MR) is 82.0 cm³/mol. The third-order valence-electron chi connectivity index (χ3n) is 3.62. The maximum atomic E-state index is 14.0. The highest BCUT2D eigenvalue weighted by molar-refractivity contribution is 5.94. The van der Waals surface area contributed by atoms with Gasteiger partial charge in [0.2, 0.25) is 0 Å². The monoisotopic (exact) mass is 295 g/mol. The molecule has 2 heterocycles. The number of pyridine rings is 2. The van der Waals surface area contributed by atoms with Crippen LogP contribution < -0.4 is 5.73 Å². The summed E-state index contributed by atoms with van der Waals surface area (Å²) in [5, 5.41) is 0.372. The predicted octanol–water partition coefficient (Wildman–Crippen LogP) is 2.77. The van der Waals surface area contributed by atoms with Crippen molar-refractivity contribution in [2.45, 2.75) is 13.3 Å². The average molecular weight is 295 g/mol. The molecule has 4 nitrogen and oxygen atoms in total. The van der Waals surface area contributed by atoms with E-state index in [9.17, 15) is 9.18 Å². The van der Waals surface area contributed by atoms with Gasteiger partial charge in [-0.15, -0.1) is 0 Å². The van der Waals surface area contributed by atoms with Crippen LogP contribution in [0.15, 0.2) is 42.7 Å². The summed E-state index contributed by atoms with van der Waals surface area (Å²) >= 11 is 0. The van der Waals surface area contributed by atoms with E-state index in [1.807, 2.05) is 25.3 Å². The van der Waals surface area contributed by atoms with Gasteiger partial charge in [0.1, 0.15) is 11.5 Å². The van der Waals surface area contributed by atoms with Gasteiger partial charge in [-0.05, 0) is 48.2 Å². The normalized spacial score (nSPS) is 10.8. The second-order valence-corrected chi connectivity index (χ2v) is 5.18. The molecule has 5 heteroatoms. The number of hydrogen-bond donors (Lipinski definition) is 1. The third-order valence-corrected chi connectivity index (χ3v) is 3.62. The Hall–Kier alpha value is -2.82. The van der Waals surface area contributed by atoms with Gasteiger partial charge < -0.3 is 5.73 Å². The van der Waals surface area contributed by atoms with Crippen molar-refractivity contribution in [3.63, 3.8) is 0 Å². The molecule has 0 saturated carbocycles. The average Bonchev–Trinajstić information content (AvgIpc) is 2.49. The molecule has 0 aliphatic rings. The summed E-state index contributed by atoms with van der Waals surface area (Å²) in [5.41, 5.74) is 8.73. The second kappa shape index (κ2) is 5.52. The van der Waals surface area contributed by atoms with Gasteiger partial charge >= 0.3 is 0 Å². The molecule has 0 radical (unpaired) electrons. The van der Waals surface area contributed by atoms with Crippen LogP contribution in [0, 0.1) is 12.7 Å². The first-order valence-corrected chi connectivity index (χ1v) is 6.83. The molecule has 2 N–H and O–H groups in total. The van der Waals surface area contributed by atoms with E-state index in [0.717, 1.165) is 22.8 Å². The number of aromatic nitrogens is 2. The maximum Gasteiger partial charge on any atom is 0.267 e. The summed E-state index contributed by atoms with van der Waals surface area (Å²) in [6, 6.07) is 8.30. The van der Waals surface area contributed by atoms with Gasteiger partial charge in [0.25, 0.3) is 5.91 Å². The van der Waals surface area contributed by atoms with Crippen molar-refractivity contribution in [3.05, 3.63) is 70.9 Å². The third kappa shape index (κ3) is 2.65. The van der Waals surface area contributed by atoms with Crippen molar-refractivity contribution in [2.24, 2.45) is 5.73 Å². The molecule has 0 fully saturated rings. The first-order valence-electron chi connectivity index (χ1n) is 6.83. The fraction of sp³-hybridized carbons (Fsp3) is 0.118. The largest absolute Gasteiger partial charge is 0.364 e. The van der Waals surface area contributed by atoms with E-state index < -0.39 is 11.7 Å². The Labute approximate surface area is 126 Å². The highest BCUT2D eigenvalue weighted by Gasteiger charge is 2.10. The number of primary amides is 1. The Morgan fingerprint density at radius 3 is 2.82 bits per heavy atom. The molecule has 0 saturated heterocycles. The Bertz CT molecular complexity index is 877. The van der Waals surface area contributed by atoms with Crippen molar-refractivity contribution in [1.29, 1.82) is 0 Å². The molecule has 110 valence electrons. The minimum Gasteiger partial charge on any atom is -0.364 e. The van der Waals surface area contributed by atoms with Crippen LogP contribution in [0.2, 0.25) is 0 Å². The van der Waals surface area contributed by atoms with Gasteiger partial charge in [-0.25, -0.2) is 9.37 Å². The molecular formula is C17H14FN3O. The molecule has 1 amide bonds. The number of halogens is 1. The lowest BCUT2D eigenvalue weighted by Gasteiger charge is -2.07. The van der Waals surface area contributed by atoms with Crippen LogP contribution in [0.4, 0.5) is 4.39 Å². The molecule has 0 atom stereocenters. The number of amides is 1. The van der Waals surface area contributed by atoms with Gasteiger partial charge in [-0.1, -0.05) is 6.07 Å². The first kappa shape index (κ1) is 14.1. The molecular weight excluding hydrogens is 281 g/mol. The molecule has 2 aromatic heterocycles. The van der Waals surface area contributed by atoms with E-state index >= 15 is 0 Å². The van der Waals surface area contributed by atoms with E-state index in [1.54, 1.807) is 18.3 Å². The van der Waals surface area contributed by atoms with Gasteiger partial charge in [-0.3, -0.25) is 9.78 Å². The van der Waals surface area contributed by atoms with Crippen molar-refractivity contribution in [3.8, 4) is 0 Å². The summed E-state index contributed by atoms with van der Waals surface area (Å²) in [6.07, 6.45) is 4.22. The lowest BCUT2D eigenvalue weighted by molar-refractivity contribution is 0.0995. The highest BCUT2D eigenvalue weighted by atomic mass is 19.1. The topological polar surface area (TPSA) is 68.9 Å². The van der Waals surface area contributed by atoms with Crippen LogP contribution >= 0.6 is 0 Å². The van der Waals surface area contributed by atoms with E-state index in [-0.39, 0.29) is 5.69 Å². The molecule has 0 spiro atoms. The fourth-order valence-electron chi connectivity index (χ4n) is 2.37. The van der Waals surface area contributed by atoms with Crippen molar-refractivity contribution in [2.75, 3.05) is 0 Å². The minimum absolute atomic E-state index is 0.0697.